The van der Waals surface area contributed by atoms with Gasteiger partial charge in [0.05, 0.1) is 0 Å². The molecule has 4 rings (SSSR count). The van der Waals surface area contributed by atoms with Crippen LogP contribution in [-0.2, 0) is 18.3 Å². The van der Waals surface area contributed by atoms with E-state index in [2.05, 4.69) is 49.9 Å². The Morgan fingerprint density at radius 2 is 1.92 bits per heavy atom. The Labute approximate surface area is 150 Å². The summed E-state index contributed by atoms with van der Waals surface area (Å²) in [5.41, 5.74) is 5.47. The van der Waals surface area contributed by atoms with Crippen LogP contribution in [0.25, 0.3) is 0 Å². The molecule has 2 unspecified atom stereocenters. The first-order valence-electron chi connectivity index (χ1n) is 9.56. The van der Waals surface area contributed by atoms with E-state index in [-0.39, 0.29) is 11.2 Å². The Balaban J connectivity index is 1.55. The van der Waals surface area contributed by atoms with Gasteiger partial charge in [-0.3, -0.25) is 4.90 Å². The van der Waals surface area contributed by atoms with Crippen molar-refractivity contribution in [1.29, 1.82) is 0 Å². The number of fused-ring (bicyclic) bond motifs is 4. The molecule has 2 aliphatic rings. The summed E-state index contributed by atoms with van der Waals surface area (Å²) in [6, 6.07) is 14.9. The van der Waals surface area contributed by atoms with E-state index in [1.54, 1.807) is 12.1 Å². The largest absolute Gasteiger partial charge is 0.299 e. The van der Waals surface area contributed by atoms with E-state index in [0.29, 0.717) is 12.0 Å². The van der Waals surface area contributed by atoms with Crippen molar-refractivity contribution in [2.75, 3.05) is 13.1 Å². The molecule has 1 saturated heterocycles. The van der Waals surface area contributed by atoms with E-state index in [4.69, 9.17) is 0 Å². The molecule has 0 N–H and O–H groups in total. The molecule has 132 valence electrons. The minimum Gasteiger partial charge on any atom is -0.299 e. The molecular formula is C23H28FN. The number of likely N-dealkylation sites (tertiary alicyclic amines) is 1. The molecule has 2 heteroatoms. The number of rotatable bonds is 3. The molecule has 1 nitrogen and oxygen atoms in total. The zero-order chi connectivity index (χ0) is 17.6. The van der Waals surface area contributed by atoms with Crippen LogP contribution in [0.15, 0.2) is 42.5 Å². The second-order valence-electron chi connectivity index (χ2n) is 8.30. The molecule has 25 heavy (non-hydrogen) atoms. The van der Waals surface area contributed by atoms with Crippen molar-refractivity contribution >= 4 is 0 Å². The topological polar surface area (TPSA) is 3.24 Å². The number of halogens is 1. The Morgan fingerprint density at radius 1 is 1.16 bits per heavy atom. The van der Waals surface area contributed by atoms with Crippen molar-refractivity contribution in [3.8, 4) is 0 Å². The average molecular weight is 337 g/mol. The number of aryl methyl sites for hydroxylation is 1. The van der Waals surface area contributed by atoms with Crippen molar-refractivity contribution in [2.24, 2.45) is 5.92 Å². The first-order valence-corrected chi connectivity index (χ1v) is 9.56. The van der Waals surface area contributed by atoms with Crippen molar-refractivity contribution in [3.05, 3.63) is 70.5 Å². The molecule has 3 atom stereocenters. The van der Waals surface area contributed by atoms with Gasteiger partial charge in [0, 0.05) is 12.6 Å². The van der Waals surface area contributed by atoms with E-state index in [1.807, 2.05) is 6.07 Å². The maximum atomic E-state index is 13.8. The van der Waals surface area contributed by atoms with Crippen LogP contribution in [0, 0.1) is 18.7 Å². The fraction of sp³-hybridized carbons (Fsp3) is 0.478. The van der Waals surface area contributed by atoms with Gasteiger partial charge in [-0.2, -0.15) is 0 Å². The van der Waals surface area contributed by atoms with Gasteiger partial charge in [-0.05, 0) is 72.9 Å². The van der Waals surface area contributed by atoms with Gasteiger partial charge in [0.15, 0.2) is 0 Å². The SMILES string of the molecule is Cc1ccc(CCN2CC[C@]3(C)c4cc(F)ccc4CC2C3C)cc1. The van der Waals surface area contributed by atoms with Crippen LogP contribution in [0.2, 0.25) is 0 Å². The maximum absolute atomic E-state index is 13.8. The van der Waals surface area contributed by atoms with Crippen LogP contribution >= 0.6 is 0 Å². The van der Waals surface area contributed by atoms with Crippen LogP contribution < -0.4 is 0 Å². The Morgan fingerprint density at radius 3 is 2.68 bits per heavy atom. The molecule has 0 spiro atoms. The number of nitrogens with zero attached hydrogens (tertiary/aromatic N) is 1. The quantitative estimate of drug-likeness (QED) is 0.770. The first-order chi connectivity index (χ1) is 12.0. The zero-order valence-corrected chi connectivity index (χ0v) is 15.6. The molecule has 2 aromatic carbocycles. The molecule has 0 saturated carbocycles. The van der Waals surface area contributed by atoms with Gasteiger partial charge in [0.1, 0.15) is 5.82 Å². The molecule has 1 fully saturated rings. The fourth-order valence-electron chi connectivity index (χ4n) is 4.98. The smallest absolute Gasteiger partial charge is 0.123 e. The van der Waals surface area contributed by atoms with Crippen molar-refractivity contribution < 1.29 is 4.39 Å². The van der Waals surface area contributed by atoms with Crippen LogP contribution in [0.5, 0.6) is 0 Å². The first kappa shape index (κ1) is 16.8. The van der Waals surface area contributed by atoms with Gasteiger partial charge in [0.25, 0.3) is 0 Å². The van der Waals surface area contributed by atoms with Crippen LogP contribution in [0.4, 0.5) is 4.39 Å². The van der Waals surface area contributed by atoms with Gasteiger partial charge >= 0.3 is 0 Å². The van der Waals surface area contributed by atoms with Gasteiger partial charge in [-0.1, -0.05) is 49.7 Å². The second-order valence-corrected chi connectivity index (χ2v) is 8.30. The van der Waals surface area contributed by atoms with E-state index in [9.17, 15) is 4.39 Å². The summed E-state index contributed by atoms with van der Waals surface area (Å²) in [5.74, 6) is 0.473. The Hall–Kier alpha value is -1.67. The molecule has 0 radical (unpaired) electrons. The predicted molar refractivity (Wildman–Crippen MR) is 101 cm³/mol. The second kappa shape index (κ2) is 6.25. The summed E-state index contributed by atoms with van der Waals surface area (Å²) in [7, 11) is 0. The van der Waals surface area contributed by atoms with Crippen molar-refractivity contribution in [1.82, 2.24) is 4.90 Å². The predicted octanol–water partition coefficient (Wildman–Crippen LogP) is 4.90. The summed E-state index contributed by atoms with van der Waals surface area (Å²) in [6.45, 7) is 9.09. The summed E-state index contributed by atoms with van der Waals surface area (Å²) < 4.78 is 13.8. The molecule has 0 aromatic heterocycles. The summed E-state index contributed by atoms with van der Waals surface area (Å²) >= 11 is 0. The lowest BCUT2D eigenvalue weighted by atomic mass is 9.59. The standard InChI is InChI=1S/C23H28FN/c1-16-4-6-18(7-5-16)10-12-25-13-11-23(3)17(2)22(25)14-19-8-9-20(24)15-21(19)23/h4-9,15,17,22H,10-14H2,1-3H3/t17?,22?,23-/m0/s1. The van der Waals surface area contributed by atoms with Crippen LogP contribution in [0.1, 0.15) is 42.5 Å². The molecule has 1 heterocycles. The monoisotopic (exact) mass is 337 g/mol. The lowest BCUT2D eigenvalue weighted by Crippen LogP contribution is -2.58. The zero-order valence-electron chi connectivity index (χ0n) is 15.6. The van der Waals surface area contributed by atoms with Crippen molar-refractivity contribution in [3.63, 3.8) is 0 Å². The van der Waals surface area contributed by atoms with Gasteiger partial charge in [-0.25, -0.2) is 4.39 Å². The molecule has 2 aromatic rings. The number of piperidine rings is 1. The molecular weight excluding hydrogens is 309 g/mol. The highest BCUT2D eigenvalue weighted by Gasteiger charge is 2.48. The lowest BCUT2D eigenvalue weighted by molar-refractivity contribution is 0.0321. The normalized spacial score (nSPS) is 28.6. The average Bonchev–Trinajstić information content (AvgIpc) is 2.60. The van der Waals surface area contributed by atoms with Crippen LogP contribution in [0.3, 0.4) is 0 Å². The molecule has 1 aliphatic heterocycles. The highest BCUT2D eigenvalue weighted by molar-refractivity contribution is 5.40. The third-order valence-corrected chi connectivity index (χ3v) is 6.89. The fourth-order valence-corrected chi connectivity index (χ4v) is 4.98. The highest BCUT2D eigenvalue weighted by atomic mass is 19.1. The molecule has 0 amide bonds. The lowest BCUT2D eigenvalue weighted by Gasteiger charge is -2.54. The third kappa shape index (κ3) is 2.91. The third-order valence-electron chi connectivity index (χ3n) is 6.89. The van der Waals surface area contributed by atoms with Crippen LogP contribution in [-0.4, -0.2) is 24.0 Å². The maximum Gasteiger partial charge on any atom is 0.123 e. The van der Waals surface area contributed by atoms with Crippen molar-refractivity contribution in [2.45, 2.75) is 51.5 Å². The Bertz CT molecular complexity index is 766. The minimum absolute atomic E-state index is 0.0903. The summed E-state index contributed by atoms with van der Waals surface area (Å²) in [5, 5.41) is 0. The Kier molecular flexibility index (Phi) is 4.19. The molecule has 1 aliphatic carbocycles. The molecule has 2 bridgehead atoms. The highest BCUT2D eigenvalue weighted by Crippen LogP contribution is 2.48. The minimum atomic E-state index is -0.0903. The summed E-state index contributed by atoms with van der Waals surface area (Å²) in [4.78, 5) is 2.68. The summed E-state index contributed by atoms with van der Waals surface area (Å²) in [6.07, 6.45) is 3.28. The number of hydrogen-bond donors (Lipinski definition) is 0. The van der Waals surface area contributed by atoms with E-state index in [1.165, 1.54) is 22.3 Å². The number of benzene rings is 2. The van der Waals surface area contributed by atoms with E-state index < -0.39 is 0 Å². The van der Waals surface area contributed by atoms with Gasteiger partial charge < -0.3 is 0 Å². The van der Waals surface area contributed by atoms with Gasteiger partial charge in [0.2, 0.25) is 0 Å². The van der Waals surface area contributed by atoms with Gasteiger partial charge in [-0.15, -0.1) is 0 Å². The number of hydrogen-bond acceptors (Lipinski definition) is 1. The van der Waals surface area contributed by atoms with E-state index in [0.717, 1.165) is 32.4 Å². The van der Waals surface area contributed by atoms with E-state index >= 15 is 0 Å².